The van der Waals surface area contributed by atoms with E-state index >= 15 is 0 Å². The molecule has 1 N–H and O–H groups in total. The second kappa shape index (κ2) is 8.71. The summed E-state index contributed by atoms with van der Waals surface area (Å²) < 4.78 is 0. The minimum absolute atomic E-state index is 0.0398. The van der Waals surface area contributed by atoms with Gasteiger partial charge in [0.05, 0.1) is 6.04 Å². The Morgan fingerprint density at radius 1 is 0.926 bits per heavy atom. The van der Waals surface area contributed by atoms with Crippen molar-refractivity contribution in [2.45, 2.75) is 57.5 Å². The molecule has 0 aromatic heterocycles. The van der Waals surface area contributed by atoms with Crippen LogP contribution in [0.15, 0.2) is 48.5 Å². The Labute approximate surface area is 162 Å². The van der Waals surface area contributed by atoms with Crippen molar-refractivity contribution in [2.24, 2.45) is 0 Å². The van der Waals surface area contributed by atoms with Gasteiger partial charge in [-0.2, -0.15) is 0 Å². The zero-order valence-electron chi connectivity index (χ0n) is 16.1. The van der Waals surface area contributed by atoms with E-state index in [1.165, 1.54) is 55.5 Å². The average molecular weight is 363 g/mol. The van der Waals surface area contributed by atoms with Crippen LogP contribution in [0.3, 0.4) is 0 Å². The number of carbonyl (C=O) groups is 1. The third kappa shape index (κ3) is 4.59. The fourth-order valence-corrected chi connectivity index (χ4v) is 4.46. The van der Waals surface area contributed by atoms with Crippen molar-refractivity contribution >= 4 is 5.91 Å². The van der Waals surface area contributed by atoms with Gasteiger partial charge in [0.25, 0.3) is 5.91 Å². The molecule has 1 amide bonds. The average Bonchev–Trinajstić information content (AvgIpc) is 2.97. The summed E-state index contributed by atoms with van der Waals surface area (Å²) in [5.74, 6) is 0.0398. The van der Waals surface area contributed by atoms with Crippen LogP contribution in [0.5, 0.6) is 0 Å². The number of hydrogen-bond donors (Lipinski definition) is 1. The second-order valence-corrected chi connectivity index (χ2v) is 8.00. The Morgan fingerprint density at radius 3 is 2.44 bits per heavy atom. The number of likely N-dealkylation sites (tertiary alicyclic amines) is 1. The topological polar surface area (TPSA) is 32.3 Å². The monoisotopic (exact) mass is 362 g/mol. The Kier molecular flexibility index (Phi) is 5.88. The number of benzene rings is 2. The van der Waals surface area contributed by atoms with E-state index in [1.807, 2.05) is 12.1 Å². The largest absolute Gasteiger partial charge is 0.345 e. The van der Waals surface area contributed by atoms with E-state index in [9.17, 15) is 4.79 Å². The second-order valence-electron chi connectivity index (χ2n) is 8.00. The number of hydrogen-bond acceptors (Lipinski definition) is 2. The van der Waals surface area contributed by atoms with E-state index in [1.54, 1.807) is 0 Å². The molecule has 3 nitrogen and oxygen atoms in total. The smallest absolute Gasteiger partial charge is 0.251 e. The van der Waals surface area contributed by atoms with Gasteiger partial charge in [0, 0.05) is 12.1 Å². The molecule has 3 heteroatoms. The molecule has 0 bridgehead atoms. The van der Waals surface area contributed by atoms with Gasteiger partial charge in [0.15, 0.2) is 0 Å². The number of fused-ring (bicyclic) bond motifs is 1. The molecule has 0 saturated carbocycles. The molecule has 1 saturated heterocycles. The Balaban J connectivity index is 1.38. The van der Waals surface area contributed by atoms with Crippen LogP contribution in [0, 0.1) is 0 Å². The van der Waals surface area contributed by atoms with Crippen molar-refractivity contribution in [1.29, 1.82) is 0 Å². The van der Waals surface area contributed by atoms with Gasteiger partial charge >= 0.3 is 0 Å². The molecule has 1 aliphatic heterocycles. The molecule has 2 aromatic carbocycles. The minimum Gasteiger partial charge on any atom is -0.345 e. The third-order valence-corrected chi connectivity index (χ3v) is 6.00. The molecule has 142 valence electrons. The fraction of sp³-hybridized carbons (Fsp3) is 0.458. The van der Waals surface area contributed by atoms with Crippen LogP contribution in [0.4, 0.5) is 0 Å². The lowest BCUT2D eigenvalue weighted by Crippen LogP contribution is -2.31. The van der Waals surface area contributed by atoms with Crippen molar-refractivity contribution < 1.29 is 4.79 Å². The maximum absolute atomic E-state index is 12.7. The van der Waals surface area contributed by atoms with Crippen LogP contribution < -0.4 is 5.32 Å². The lowest BCUT2D eigenvalue weighted by atomic mass is 9.87. The lowest BCUT2D eigenvalue weighted by Gasteiger charge is -2.26. The van der Waals surface area contributed by atoms with Gasteiger partial charge in [-0.1, -0.05) is 49.2 Å². The highest BCUT2D eigenvalue weighted by Gasteiger charge is 2.21. The van der Waals surface area contributed by atoms with E-state index < -0.39 is 0 Å². The van der Waals surface area contributed by atoms with E-state index in [0.29, 0.717) is 0 Å². The molecule has 2 aliphatic rings. The molecule has 2 aromatic rings. The Morgan fingerprint density at radius 2 is 1.67 bits per heavy atom. The number of amides is 1. The van der Waals surface area contributed by atoms with Gasteiger partial charge in [-0.05, 0) is 74.0 Å². The van der Waals surface area contributed by atoms with Crippen molar-refractivity contribution in [3.8, 4) is 0 Å². The van der Waals surface area contributed by atoms with Crippen molar-refractivity contribution in [2.75, 3.05) is 13.1 Å². The molecule has 1 fully saturated rings. The van der Waals surface area contributed by atoms with E-state index in [0.717, 1.165) is 31.4 Å². The first kappa shape index (κ1) is 18.2. The number of nitrogens with zero attached hydrogens (tertiary/aromatic N) is 1. The van der Waals surface area contributed by atoms with Crippen molar-refractivity contribution in [3.63, 3.8) is 0 Å². The Hall–Kier alpha value is -2.13. The third-order valence-electron chi connectivity index (χ3n) is 6.00. The first-order valence-corrected chi connectivity index (χ1v) is 10.5. The van der Waals surface area contributed by atoms with Gasteiger partial charge < -0.3 is 5.32 Å². The fourth-order valence-electron chi connectivity index (χ4n) is 4.46. The van der Waals surface area contributed by atoms with Gasteiger partial charge in [0.2, 0.25) is 0 Å². The molecule has 0 radical (unpaired) electrons. The van der Waals surface area contributed by atoms with Crippen LogP contribution in [-0.2, 0) is 13.0 Å². The highest BCUT2D eigenvalue weighted by molar-refractivity contribution is 5.94. The highest BCUT2D eigenvalue weighted by Crippen LogP contribution is 2.29. The van der Waals surface area contributed by atoms with Crippen LogP contribution >= 0.6 is 0 Å². The minimum atomic E-state index is 0.0398. The molecule has 0 unspecified atom stereocenters. The lowest BCUT2D eigenvalue weighted by molar-refractivity contribution is 0.0932. The molecule has 1 heterocycles. The predicted molar refractivity (Wildman–Crippen MR) is 110 cm³/mol. The summed E-state index contributed by atoms with van der Waals surface area (Å²) >= 11 is 0. The SMILES string of the molecule is O=C(N[C@H]1CCCc2ccccc21)c1ccc(CN2CCCCCC2)cc1. The Bertz CT molecular complexity index is 760. The first-order valence-electron chi connectivity index (χ1n) is 10.5. The molecule has 1 aliphatic carbocycles. The molecule has 0 spiro atoms. The van der Waals surface area contributed by atoms with Crippen molar-refractivity contribution in [1.82, 2.24) is 10.2 Å². The number of carbonyl (C=O) groups excluding carboxylic acids is 1. The van der Waals surface area contributed by atoms with Crippen molar-refractivity contribution in [3.05, 3.63) is 70.8 Å². The standard InChI is InChI=1S/C24H30N2O/c27-24(25-23-11-7-9-20-8-3-4-10-22(20)23)21-14-12-19(13-15-21)18-26-16-5-1-2-6-17-26/h3-4,8,10,12-15,23H,1-2,5-7,9,11,16-18H2,(H,25,27)/t23-/m0/s1. The molecular weight excluding hydrogens is 332 g/mol. The van der Waals surface area contributed by atoms with Gasteiger partial charge in [-0.3, -0.25) is 9.69 Å². The molecule has 27 heavy (non-hydrogen) atoms. The summed E-state index contributed by atoms with van der Waals surface area (Å²) in [5.41, 5.74) is 4.73. The molecule has 1 atom stereocenters. The summed E-state index contributed by atoms with van der Waals surface area (Å²) in [6.07, 6.45) is 8.62. The number of rotatable bonds is 4. The van der Waals surface area contributed by atoms with E-state index in [2.05, 4.69) is 46.6 Å². The summed E-state index contributed by atoms with van der Waals surface area (Å²) in [5, 5.41) is 3.25. The molecular formula is C24H30N2O. The van der Waals surface area contributed by atoms with E-state index in [-0.39, 0.29) is 11.9 Å². The summed E-state index contributed by atoms with van der Waals surface area (Å²) in [4.78, 5) is 15.3. The quantitative estimate of drug-likeness (QED) is 0.841. The molecule has 4 rings (SSSR count). The predicted octanol–water partition coefficient (Wildman–Crippen LogP) is 4.87. The summed E-state index contributed by atoms with van der Waals surface area (Å²) in [6.45, 7) is 3.39. The van der Waals surface area contributed by atoms with Gasteiger partial charge in [-0.25, -0.2) is 0 Å². The maximum atomic E-state index is 12.7. The zero-order valence-corrected chi connectivity index (χ0v) is 16.1. The summed E-state index contributed by atoms with van der Waals surface area (Å²) in [7, 11) is 0. The highest BCUT2D eigenvalue weighted by atomic mass is 16.1. The van der Waals surface area contributed by atoms with Crippen LogP contribution in [-0.4, -0.2) is 23.9 Å². The van der Waals surface area contributed by atoms with Crippen LogP contribution in [0.2, 0.25) is 0 Å². The maximum Gasteiger partial charge on any atom is 0.251 e. The van der Waals surface area contributed by atoms with E-state index in [4.69, 9.17) is 0 Å². The summed E-state index contributed by atoms with van der Waals surface area (Å²) in [6, 6.07) is 16.8. The van der Waals surface area contributed by atoms with Gasteiger partial charge in [0.1, 0.15) is 0 Å². The number of aryl methyl sites for hydroxylation is 1. The normalized spacial score (nSPS) is 20.5. The van der Waals surface area contributed by atoms with Crippen LogP contribution in [0.25, 0.3) is 0 Å². The van der Waals surface area contributed by atoms with Gasteiger partial charge in [-0.15, -0.1) is 0 Å². The van der Waals surface area contributed by atoms with Crippen LogP contribution in [0.1, 0.15) is 71.6 Å². The number of nitrogens with one attached hydrogen (secondary N) is 1. The first-order chi connectivity index (χ1) is 13.3. The zero-order chi connectivity index (χ0) is 18.5.